The summed E-state index contributed by atoms with van der Waals surface area (Å²) in [5.74, 6) is 0.295. The summed E-state index contributed by atoms with van der Waals surface area (Å²) in [6.07, 6.45) is 3.56. The molecule has 0 amide bonds. The molecule has 0 radical (unpaired) electrons. The molecular weight excluding hydrogens is 268 g/mol. The first-order valence-corrected chi connectivity index (χ1v) is 6.38. The van der Waals surface area contributed by atoms with E-state index in [0.717, 1.165) is 5.56 Å². The van der Waals surface area contributed by atoms with Crippen LogP contribution in [-0.4, -0.2) is 25.3 Å². The first kappa shape index (κ1) is 14.7. The van der Waals surface area contributed by atoms with Crippen LogP contribution in [0.15, 0.2) is 42.5 Å². The molecule has 2 aromatic carbocycles. The van der Waals surface area contributed by atoms with Crippen LogP contribution in [0.4, 0.5) is 0 Å². The van der Waals surface area contributed by atoms with Crippen LogP contribution >= 0.6 is 0 Å². The molecule has 0 heterocycles. The van der Waals surface area contributed by atoms with Crippen LogP contribution in [0.1, 0.15) is 21.5 Å². The zero-order valence-electron chi connectivity index (χ0n) is 11.9. The van der Waals surface area contributed by atoms with Crippen LogP contribution in [0.25, 0.3) is 12.2 Å². The van der Waals surface area contributed by atoms with Crippen molar-refractivity contribution in [2.75, 3.05) is 14.2 Å². The Morgan fingerprint density at radius 1 is 0.952 bits per heavy atom. The average molecular weight is 284 g/mol. The van der Waals surface area contributed by atoms with E-state index < -0.39 is 5.97 Å². The minimum absolute atomic E-state index is 0.260. The molecule has 0 aliphatic carbocycles. The van der Waals surface area contributed by atoms with E-state index in [4.69, 9.17) is 14.6 Å². The van der Waals surface area contributed by atoms with Gasteiger partial charge in [0.25, 0.3) is 0 Å². The van der Waals surface area contributed by atoms with Gasteiger partial charge in [-0.25, -0.2) is 4.79 Å². The summed E-state index contributed by atoms with van der Waals surface area (Å²) >= 11 is 0. The number of carboxylic acids is 1. The van der Waals surface area contributed by atoms with Gasteiger partial charge in [-0.2, -0.15) is 0 Å². The first-order chi connectivity index (χ1) is 10.2. The third-order valence-corrected chi connectivity index (χ3v) is 3.07. The van der Waals surface area contributed by atoms with Gasteiger partial charge >= 0.3 is 5.97 Å². The molecule has 0 fully saturated rings. The van der Waals surface area contributed by atoms with Crippen LogP contribution < -0.4 is 9.47 Å². The summed E-state index contributed by atoms with van der Waals surface area (Å²) in [5, 5.41) is 9.17. The molecule has 2 aromatic rings. The van der Waals surface area contributed by atoms with Crippen molar-refractivity contribution in [1.29, 1.82) is 0 Å². The lowest BCUT2D eigenvalue weighted by atomic mass is 10.1. The largest absolute Gasteiger partial charge is 0.493 e. The van der Waals surface area contributed by atoms with Gasteiger partial charge in [-0.3, -0.25) is 0 Å². The second-order valence-electron chi connectivity index (χ2n) is 4.31. The predicted molar refractivity (Wildman–Crippen MR) is 81.9 cm³/mol. The molecule has 21 heavy (non-hydrogen) atoms. The van der Waals surface area contributed by atoms with E-state index in [1.807, 2.05) is 18.2 Å². The van der Waals surface area contributed by atoms with Crippen molar-refractivity contribution < 1.29 is 19.4 Å². The molecule has 0 aliphatic heterocycles. The summed E-state index contributed by atoms with van der Waals surface area (Å²) < 4.78 is 10.6. The maximum absolute atomic E-state index is 11.2. The highest BCUT2D eigenvalue weighted by Crippen LogP contribution is 2.32. The topological polar surface area (TPSA) is 55.8 Å². The van der Waals surface area contributed by atoms with Crippen molar-refractivity contribution in [3.63, 3.8) is 0 Å². The number of methoxy groups -OCH3 is 2. The maximum atomic E-state index is 11.2. The fourth-order valence-corrected chi connectivity index (χ4v) is 2.06. The third kappa shape index (κ3) is 3.23. The number of ether oxygens (including phenoxy) is 2. The lowest BCUT2D eigenvalue weighted by Gasteiger charge is -2.10. The monoisotopic (exact) mass is 284 g/mol. The molecule has 108 valence electrons. The number of benzene rings is 2. The van der Waals surface area contributed by atoms with E-state index in [2.05, 4.69) is 0 Å². The molecule has 0 atom stereocenters. The Labute approximate surface area is 123 Å². The van der Waals surface area contributed by atoms with Crippen molar-refractivity contribution in [2.45, 2.75) is 0 Å². The number of aromatic carboxylic acids is 1. The normalized spacial score (nSPS) is 10.6. The predicted octanol–water partition coefficient (Wildman–Crippen LogP) is 3.57. The van der Waals surface area contributed by atoms with Crippen LogP contribution in [0.5, 0.6) is 11.5 Å². The molecule has 0 unspecified atom stereocenters. The van der Waals surface area contributed by atoms with Gasteiger partial charge in [-0.05, 0) is 17.7 Å². The smallest absolute Gasteiger partial charge is 0.336 e. The van der Waals surface area contributed by atoms with Gasteiger partial charge in [-0.15, -0.1) is 0 Å². The molecule has 0 aliphatic rings. The molecular formula is C17H16O4. The van der Waals surface area contributed by atoms with Gasteiger partial charge in [0.05, 0.1) is 19.8 Å². The lowest BCUT2D eigenvalue weighted by Crippen LogP contribution is -1.98. The van der Waals surface area contributed by atoms with E-state index in [1.54, 1.807) is 50.6 Å². The number of carbonyl (C=O) groups is 1. The van der Waals surface area contributed by atoms with E-state index in [-0.39, 0.29) is 5.56 Å². The molecule has 4 heteroatoms. The Balaban J connectivity index is 2.41. The summed E-state index contributed by atoms with van der Waals surface area (Å²) in [5.41, 5.74) is 1.71. The average Bonchev–Trinajstić information content (AvgIpc) is 2.52. The second-order valence-corrected chi connectivity index (χ2v) is 4.31. The van der Waals surface area contributed by atoms with Crippen molar-refractivity contribution in [3.05, 3.63) is 59.2 Å². The number of hydrogen-bond acceptors (Lipinski definition) is 3. The fourth-order valence-electron chi connectivity index (χ4n) is 2.06. The summed E-state index contributed by atoms with van der Waals surface area (Å²) in [6.45, 7) is 0. The highest BCUT2D eigenvalue weighted by molar-refractivity contribution is 5.93. The van der Waals surface area contributed by atoms with Gasteiger partial charge in [0.15, 0.2) is 11.5 Å². The standard InChI is InChI=1S/C17H16O4/c1-20-15-9-5-7-13(16(15)21-2)11-10-12-6-3-4-8-14(12)17(18)19/h3-11H,1-2H3,(H,18,19)/b11-10+. The van der Waals surface area contributed by atoms with Gasteiger partial charge < -0.3 is 14.6 Å². The van der Waals surface area contributed by atoms with Crippen LogP contribution in [0, 0.1) is 0 Å². The van der Waals surface area contributed by atoms with Crippen molar-refractivity contribution in [2.24, 2.45) is 0 Å². The van der Waals surface area contributed by atoms with Crippen LogP contribution in [0.3, 0.4) is 0 Å². The lowest BCUT2D eigenvalue weighted by molar-refractivity contribution is 0.0696. The first-order valence-electron chi connectivity index (χ1n) is 6.38. The Morgan fingerprint density at radius 2 is 1.62 bits per heavy atom. The van der Waals surface area contributed by atoms with E-state index in [0.29, 0.717) is 17.1 Å². The second kappa shape index (κ2) is 6.61. The molecule has 0 bridgehead atoms. The molecule has 4 nitrogen and oxygen atoms in total. The van der Waals surface area contributed by atoms with Gasteiger partial charge in [-0.1, -0.05) is 42.5 Å². The van der Waals surface area contributed by atoms with E-state index in [1.165, 1.54) is 0 Å². The molecule has 0 saturated heterocycles. The molecule has 1 N–H and O–H groups in total. The SMILES string of the molecule is COc1cccc(/C=C/c2ccccc2C(=O)O)c1OC. The summed E-state index contributed by atoms with van der Waals surface area (Å²) in [4.78, 5) is 11.2. The van der Waals surface area contributed by atoms with E-state index >= 15 is 0 Å². The number of para-hydroxylation sites is 1. The van der Waals surface area contributed by atoms with E-state index in [9.17, 15) is 4.79 Å². The fraction of sp³-hybridized carbons (Fsp3) is 0.118. The Kier molecular flexibility index (Phi) is 4.61. The third-order valence-electron chi connectivity index (χ3n) is 3.07. The number of hydrogen-bond donors (Lipinski definition) is 1. The highest BCUT2D eigenvalue weighted by Gasteiger charge is 2.08. The quantitative estimate of drug-likeness (QED) is 0.853. The van der Waals surface area contributed by atoms with Gasteiger partial charge in [0, 0.05) is 5.56 Å². The Hall–Kier alpha value is -2.75. The van der Waals surface area contributed by atoms with Gasteiger partial charge in [0.1, 0.15) is 0 Å². The zero-order valence-corrected chi connectivity index (χ0v) is 11.9. The van der Waals surface area contributed by atoms with Crippen molar-refractivity contribution in [1.82, 2.24) is 0 Å². The highest BCUT2D eigenvalue weighted by atomic mass is 16.5. The molecule has 0 spiro atoms. The van der Waals surface area contributed by atoms with Crippen molar-refractivity contribution in [3.8, 4) is 11.5 Å². The number of rotatable bonds is 5. The maximum Gasteiger partial charge on any atom is 0.336 e. The molecule has 0 aromatic heterocycles. The van der Waals surface area contributed by atoms with Crippen LogP contribution in [-0.2, 0) is 0 Å². The minimum Gasteiger partial charge on any atom is -0.493 e. The van der Waals surface area contributed by atoms with Crippen LogP contribution in [0.2, 0.25) is 0 Å². The Bertz CT molecular complexity index is 674. The summed E-state index contributed by atoms with van der Waals surface area (Å²) in [7, 11) is 3.14. The minimum atomic E-state index is -0.951. The number of carboxylic acid groups (broad SMARTS) is 1. The van der Waals surface area contributed by atoms with Gasteiger partial charge in [0.2, 0.25) is 0 Å². The van der Waals surface area contributed by atoms with Crippen molar-refractivity contribution >= 4 is 18.1 Å². The molecule has 0 saturated carbocycles. The summed E-state index contributed by atoms with van der Waals surface area (Å²) in [6, 6.07) is 12.4. The Morgan fingerprint density at radius 3 is 2.29 bits per heavy atom. The zero-order chi connectivity index (χ0) is 15.2. The molecule has 2 rings (SSSR count).